The Kier molecular flexibility index (Phi) is 5.42. The van der Waals surface area contributed by atoms with E-state index < -0.39 is 0 Å². The minimum Gasteiger partial charge on any atom is -0.325 e. The molecule has 5 nitrogen and oxygen atoms in total. The van der Waals surface area contributed by atoms with Crippen LogP contribution in [0.5, 0.6) is 0 Å². The van der Waals surface area contributed by atoms with Crippen LogP contribution in [0.15, 0.2) is 52.4 Å². The second-order valence-corrected chi connectivity index (χ2v) is 7.38. The van der Waals surface area contributed by atoms with E-state index >= 15 is 0 Å². The zero-order chi connectivity index (χ0) is 18.7. The predicted molar refractivity (Wildman–Crippen MR) is 107 cm³/mol. The van der Waals surface area contributed by atoms with Crippen LogP contribution < -0.4 is 10.9 Å². The summed E-state index contributed by atoms with van der Waals surface area (Å²) in [5, 5.41) is 3.61. The smallest absolute Gasteiger partial charge is 0.259 e. The number of benzene rings is 2. The number of aromatic amines is 1. The highest BCUT2D eigenvalue weighted by atomic mass is 32.2. The normalized spacial score (nSPS) is 12.1. The van der Waals surface area contributed by atoms with Gasteiger partial charge in [-0.1, -0.05) is 36.9 Å². The zero-order valence-corrected chi connectivity index (χ0v) is 15.8. The molecular weight excluding hydrogens is 346 g/mol. The van der Waals surface area contributed by atoms with Crippen LogP contribution in [0.2, 0.25) is 0 Å². The van der Waals surface area contributed by atoms with Crippen molar-refractivity contribution in [2.24, 2.45) is 0 Å². The van der Waals surface area contributed by atoms with Gasteiger partial charge < -0.3 is 10.3 Å². The van der Waals surface area contributed by atoms with Crippen molar-refractivity contribution in [1.82, 2.24) is 9.97 Å². The second-order valence-electron chi connectivity index (χ2n) is 6.19. The summed E-state index contributed by atoms with van der Waals surface area (Å²) >= 11 is 1.27. The summed E-state index contributed by atoms with van der Waals surface area (Å²) in [6.07, 6.45) is 0.623. The van der Waals surface area contributed by atoms with Gasteiger partial charge >= 0.3 is 0 Å². The lowest BCUT2D eigenvalue weighted by Gasteiger charge is -2.15. The number of nitrogens with zero attached hydrogens (tertiary/aromatic N) is 1. The number of fused-ring (bicyclic) bond motifs is 1. The van der Waals surface area contributed by atoms with E-state index in [1.54, 1.807) is 18.2 Å². The maximum absolute atomic E-state index is 12.6. The number of carbonyl (C=O) groups is 1. The number of hydrogen-bond donors (Lipinski definition) is 2. The molecule has 2 aromatic carbocycles. The van der Waals surface area contributed by atoms with Crippen LogP contribution >= 0.6 is 11.8 Å². The van der Waals surface area contributed by atoms with Crippen molar-refractivity contribution in [3.05, 3.63) is 63.9 Å². The summed E-state index contributed by atoms with van der Waals surface area (Å²) in [4.78, 5) is 32.1. The highest BCUT2D eigenvalue weighted by molar-refractivity contribution is 8.00. The highest BCUT2D eigenvalue weighted by Crippen LogP contribution is 2.24. The van der Waals surface area contributed by atoms with Gasteiger partial charge in [0.25, 0.3) is 5.56 Å². The number of hydrogen-bond acceptors (Lipinski definition) is 4. The first-order chi connectivity index (χ1) is 12.5. The van der Waals surface area contributed by atoms with E-state index in [0.717, 1.165) is 11.3 Å². The Labute approximate surface area is 156 Å². The van der Waals surface area contributed by atoms with Crippen LogP contribution in [0.4, 0.5) is 5.69 Å². The number of para-hydroxylation sites is 1. The van der Waals surface area contributed by atoms with Gasteiger partial charge in [0.2, 0.25) is 5.91 Å². The number of amides is 1. The Bertz CT molecular complexity index is 1010. The Morgan fingerprint density at radius 3 is 2.69 bits per heavy atom. The molecule has 0 fully saturated rings. The second kappa shape index (κ2) is 7.74. The number of carbonyl (C=O) groups excluding carboxylic acids is 1. The number of aromatic nitrogens is 2. The number of rotatable bonds is 5. The van der Waals surface area contributed by atoms with Gasteiger partial charge in [0.05, 0.1) is 16.2 Å². The van der Waals surface area contributed by atoms with Crippen LogP contribution in [0, 0.1) is 13.8 Å². The van der Waals surface area contributed by atoms with Crippen LogP contribution in [-0.2, 0) is 4.79 Å². The molecule has 1 atom stereocenters. The van der Waals surface area contributed by atoms with Crippen LogP contribution in [-0.4, -0.2) is 21.1 Å². The number of H-pyrrole nitrogens is 1. The first-order valence-electron chi connectivity index (χ1n) is 8.51. The van der Waals surface area contributed by atoms with Gasteiger partial charge in [0.1, 0.15) is 0 Å². The minimum atomic E-state index is -0.346. The molecule has 0 aliphatic heterocycles. The third-order valence-electron chi connectivity index (χ3n) is 4.28. The SMILES string of the molecule is CCC(Sc1nc2ccccc2c(=O)[nH]1)C(=O)Nc1ccc(C)c(C)c1. The Hall–Kier alpha value is -2.60. The van der Waals surface area contributed by atoms with Crippen molar-refractivity contribution < 1.29 is 4.79 Å². The molecule has 3 rings (SSSR count). The summed E-state index contributed by atoms with van der Waals surface area (Å²) in [7, 11) is 0. The zero-order valence-electron chi connectivity index (χ0n) is 15.0. The van der Waals surface area contributed by atoms with Gasteiger partial charge in [-0.05, 0) is 55.7 Å². The van der Waals surface area contributed by atoms with Gasteiger partial charge in [-0.2, -0.15) is 0 Å². The quantitative estimate of drug-likeness (QED) is 0.527. The molecule has 1 aromatic heterocycles. The summed E-state index contributed by atoms with van der Waals surface area (Å²) in [6, 6.07) is 13.0. The third-order valence-corrected chi connectivity index (χ3v) is 5.53. The van der Waals surface area contributed by atoms with Crippen LogP contribution in [0.3, 0.4) is 0 Å². The third kappa shape index (κ3) is 3.96. The lowest BCUT2D eigenvalue weighted by molar-refractivity contribution is -0.115. The topological polar surface area (TPSA) is 74.8 Å². The molecule has 3 aromatic rings. The lowest BCUT2D eigenvalue weighted by atomic mass is 10.1. The van der Waals surface area contributed by atoms with Crippen molar-refractivity contribution in [1.29, 1.82) is 0 Å². The van der Waals surface area contributed by atoms with Gasteiger partial charge in [0, 0.05) is 5.69 Å². The molecule has 1 amide bonds. The van der Waals surface area contributed by atoms with Crippen LogP contribution in [0.25, 0.3) is 10.9 Å². The fourth-order valence-corrected chi connectivity index (χ4v) is 3.52. The van der Waals surface area contributed by atoms with E-state index in [1.807, 2.05) is 45.0 Å². The molecule has 6 heteroatoms. The van der Waals surface area contributed by atoms with Gasteiger partial charge in [0.15, 0.2) is 5.16 Å². The van der Waals surface area contributed by atoms with Gasteiger partial charge in [-0.15, -0.1) is 0 Å². The van der Waals surface area contributed by atoms with Crippen molar-refractivity contribution in [2.75, 3.05) is 5.32 Å². The van der Waals surface area contributed by atoms with Gasteiger partial charge in [-0.25, -0.2) is 4.98 Å². The van der Waals surface area contributed by atoms with Crippen molar-refractivity contribution in [2.45, 2.75) is 37.6 Å². The minimum absolute atomic E-state index is 0.100. The molecule has 0 saturated heterocycles. The maximum atomic E-state index is 12.6. The largest absolute Gasteiger partial charge is 0.325 e. The average Bonchev–Trinajstić information content (AvgIpc) is 2.62. The molecule has 0 bridgehead atoms. The molecule has 1 unspecified atom stereocenters. The first-order valence-corrected chi connectivity index (χ1v) is 9.39. The fourth-order valence-electron chi connectivity index (χ4n) is 2.62. The summed E-state index contributed by atoms with van der Waals surface area (Å²) in [5.41, 5.74) is 3.52. The van der Waals surface area contributed by atoms with E-state index in [-0.39, 0.29) is 16.7 Å². The van der Waals surface area contributed by atoms with Crippen molar-refractivity contribution in [3.8, 4) is 0 Å². The van der Waals surface area contributed by atoms with E-state index in [4.69, 9.17) is 0 Å². The standard InChI is InChI=1S/C20H21N3O2S/c1-4-17(19(25)21-14-10-9-12(2)13(3)11-14)26-20-22-16-8-6-5-7-15(16)18(24)23-20/h5-11,17H,4H2,1-3H3,(H,21,25)(H,22,23,24). The number of anilines is 1. The van der Waals surface area contributed by atoms with E-state index in [9.17, 15) is 9.59 Å². The lowest BCUT2D eigenvalue weighted by Crippen LogP contribution is -2.25. The van der Waals surface area contributed by atoms with Crippen molar-refractivity contribution in [3.63, 3.8) is 0 Å². The van der Waals surface area contributed by atoms with Gasteiger partial charge in [-0.3, -0.25) is 9.59 Å². The average molecular weight is 367 g/mol. The Morgan fingerprint density at radius 2 is 1.96 bits per heavy atom. The number of thioether (sulfide) groups is 1. The first kappa shape index (κ1) is 18.2. The number of aryl methyl sites for hydroxylation is 2. The maximum Gasteiger partial charge on any atom is 0.259 e. The van der Waals surface area contributed by atoms with Crippen molar-refractivity contribution >= 4 is 34.3 Å². The molecule has 134 valence electrons. The molecule has 0 aliphatic carbocycles. The molecule has 26 heavy (non-hydrogen) atoms. The molecule has 2 N–H and O–H groups in total. The molecule has 0 aliphatic rings. The summed E-state index contributed by atoms with van der Waals surface area (Å²) in [5.74, 6) is -0.100. The molecule has 0 saturated carbocycles. The van der Waals surface area contributed by atoms with E-state index in [0.29, 0.717) is 22.5 Å². The Morgan fingerprint density at radius 1 is 1.19 bits per heavy atom. The fraction of sp³-hybridized carbons (Fsp3) is 0.250. The summed E-state index contributed by atoms with van der Waals surface area (Å²) < 4.78 is 0. The molecule has 1 heterocycles. The summed E-state index contributed by atoms with van der Waals surface area (Å²) in [6.45, 7) is 5.99. The predicted octanol–water partition coefficient (Wildman–Crippen LogP) is 4.05. The molecular formula is C20H21N3O2S. The van der Waals surface area contributed by atoms with E-state index in [1.165, 1.54) is 17.3 Å². The molecule has 0 spiro atoms. The highest BCUT2D eigenvalue weighted by Gasteiger charge is 2.20. The number of nitrogens with one attached hydrogen (secondary N) is 2. The van der Waals surface area contributed by atoms with Crippen LogP contribution in [0.1, 0.15) is 24.5 Å². The Balaban J connectivity index is 1.79. The monoisotopic (exact) mass is 367 g/mol. The van der Waals surface area contributed by atoms with E-state index in [2.05, 4.69) is 15.3 Å². The molecule has 0 radical (unpaired) electrons.